The van der Waals surface area contributed by atoms with Gasteiger partial charge >= 0.3 is 0 Å². The fourth-order valence-electron chi connectivity index (χ4n) is 1.97. The largest absolute Gasteiger partial charge is 0.376 e. The normalized spacial score (nSPS) is 15.8. The van der Waals surface area contributed by atoms with Crippen LogP contribution in [-0.4, -0.2) is 35.4 Å². The van der Waals surface area contributed by atoms with E-state index < -0.39 is 0 Å². The third-order valence-electron chi connectivity index (χ3n) is 2.91. The molecule has 1 fully saturated rings. The Bertz CT molecular complexity index is 391. The number of rotatable bonds is 5. The van der Waals surface area contributed by atoms with Crippen LogP contribution < -0.4 is 5.32 Å². The minimum atomic E-state index is -0.255. The number of nitrogens with one attached hydrogen (secondary N) is 1. The fraction of sp³-hybridized carbons (Fsp3) is 0.583. The Morgan fingerprint density at radius 2 is 2.17 bits per heavy atom. The van der Waals surface area contributed by atoms with E-state index in [9.17, 15) is 4.79 Å². The summed E-state index contributed by atoms with van der Waals surface area (Å²) < 4.78 is 5.64. The van der Waals surface area contributed by atoms with E-state index in [0.29, 0.717) is 19.3 Å². The van der Waals surface area contributed by atoms with Crippen molar-refractivity contribution in [2.24, 2.45) is 0 Å². The first-order chi connectivity index (χ1) is 8.75. The summed E-state index contributed by atoms with van der Waals surface area (Å²) in [6, 6.07) is 3.08. The van der Waals surface area contributed by atoms with Crippen LogP contribution in [0.5, 0.6) is 0 Å². The molecule has 1 N–H and O–H groups in total. The van der Waals surface area contributed by atoms with Gasteiger partial charge < -0.3 is 10.1 Å². The van der Waals surface area contributed by atoms with E-state index in [1.165, 1.54) is 12.8 Å². The number of hydrogen-bond donors (Lipinski definition) is 1. The van der Waals surface area contributed by atoms with Gasteiger partial charge in [-0.15, -0.1) is 10.2 Å². The Kier molecular flexibility index (Phi) is 4.90. The first-order valence-electron chi connectivity index (χ1n) is 6.15. The van der Waals surface area contributed by atoms with E-state index in [4.69, 9.17) is 16.3 Å². The van der Waals surface area contributed by atoms with Gasteiger partial charge in [-0.05, 0) is 25.0 Å². The van der Waals surface area contributed by atoms with Crippen LogP contribution in [0, 0.1) is 0 Å². The number of carbonyl (C=O) groups is 1. The summed E-state index contributed by atoms with van der Waals surface area (Å²) in [7, 11) is 0. The van der Waals surface area contributed by atoms with Gasteiger partial charge in [0.15, 0.2) is 10.8 Å². The van der Waals surface area contributed by atoms with Crippen LogP contribution in [0.2, 0.25) is 5.15 Å². The van der Waals surface area contributed by atoms with Crippen molar-refractivity contribution in [1.82, 2.24) is 15.5 Å². The van der Waals surface area contributed by atoms with Gasteiger partial charge in [-0.25, -0.2) is 0 Å². The zero-order valence-corrected chi connectivity index (χ0v) is 10.8. The smallest absolute Gasteiger partial charge is 0.271 e. The summed E-state index contributed by atoms with van der Waals surface area (Å²) in [5.74, 6) is -0.255. The molecule has 0 radical (unpaired) electrons. The maximum atomic E-state index is 11.6. The van der Waals surface area contributed by atoms with Crippen LogP contribution in [0.25, 0.3) is 0 Å². The maximum Gasteiger partial charge on any atom is 0.271 e. The molecule has 98 valence electrons. The van der Waals surface area contributed by atoms with Crippen molar-refractivity contribution in [3.63, 3.8) is 0 Å². The van der Waals surface area contributed by atoms with Crippen molar-refractivity contribution in [2.75, 3.05) is 13.2 Å². The predicted octanol–water partition coefficient (Wildman–Crippen LogP) is 1.82. The minimum Gasteiger partial charge on any atom is -0.376 e. The topological polar surface area (TPSA) is 64.1 Å². The number of amides is 1. The minimum absolute atomic E-state index is 0.255. The Morgan fingerprint density at radius 1 is 1.39 bits per heavy atom. The van der Waals surface area contributed by atoms with Crippen LogP contribution in [-0.2, 0) is 4.74 Å². The lowest BCUT2D eigenvalue weighted by Gasteiger charge is -2.11. The molecule has 1 aliphatic carbocycles. The second-order valence-corrected chi connectivity index (χ2v) is 4.66. The Balaban J connectivity index is 1.66. The Hall–Kier alpha value is -1.20. The molecule has 0 atom stereocenters. The maximum absolute atomic E-state index is 11.6. The summed E-state index contributed by atoms with van der Waals surface area (Å²) in [5, 5.41) is 10.3. The molecule has 0 saturated heterocycles. The molecule has 6 heteroatoms. The van der Waals surface area contributed by atoms with Crippen LogP contribution in [0.15, 0.2) is 12.1 Å². The fourth-order valence-corrected chi connectivity index (χ4v) is 2.07. The van der Waals surface area contributed by atoms with Gasteiger partial charge in [0.05, 0.1) is 12.7 Å². The van der Waals surface area contributed by atoms with Crippen molar-refractivity contribution in [1.29, 1.82) is 0 Å². The zero-order valence-electron chi connectivity index (χ0n) is 10.1. The molecule has 1 aliphatic rings. The molecule has 5 nitrogen and oxygen atoms in total. The molecule has 0 unspecified atom stereocenters. The lowest BCUT2D eigenvalue weighted by Crippen LogP contribution is -2.29. The van der Waals surface area contributed by atoms with E-state index in [2.05, 4.69) is 15.5 Å². The summed E-state index contributed by atoms with van der Waals surface area (Å²) >= 11 is 5.59. The van der Waals surface area contributed by atoms with Crippen LogP contribution in [0.1, 0.15) is 36.2 Å². The van der Waals surface area contributed by atoms with Gasteiger partial charge in [0.25, 0.3) is 5.91 Å². The van der Waals surface area contributed by atoms with Crippen LogP contribution in [0.3, 0.4) is 0 Å². The number of aromatic nitrogens is 2. The second kappa shape index (κ2) is 6.66. The molecule has 2 rings (SSSR count). The first-order valence-corrected chi connectivity index (χ1v) is 6.52. The predicted molar refractivity (Wildman–Crippen MR) is 67.6 cm³/mol. The third-order valence-corrected chi connectivity index (χ3v) is 3.11. The van der Waals surface area contributed by atoms with E-state index in [1.807, 2.05) is 0 Å². The highest BCUT2D eigenvalue weighted by atomic mass is 35.5. The van der Waals surface area contributed by atoms with E-state index >= 15 is 0 Å². The molecule has 0 bridgehead atoms. The van der Waals surface area contributed by atoms with Gasteiger partial charge in [-0.3, -0.25) is 4.79 Å². The molecular weight excluding hydrogens is 254 g/mol. The molecule has 1 heterocycles. The van der Waals surface area contributed by atoms with Crippen molar-refractivity contribution in [3.05, 3.63) is 23.0 Å². The van der Waals surface area contributed by atoms with Crippen molar-refractivity contribution < 1.29 is 9.53 Å². The first kappa shape index (κ1) is 13.2. The van der Waals surface area contributed by atoms with Crippen molar-refractivity contribution in [2.45, 2.75) is 31.8 Å². The van der Waals surface area contributed by atoms with E-state index in [0.717, 1.165) is 12.8 Å². The summed E-state index contributed by atoms with van der Waals surface area (Å²) in [4.78, 5) is 11.6. The molecule has 1 saturated carbocycles. The highest BCUT2D eigenvalue weighted by Gasteiger charge is 2.15. The van der Waals surface area contributed by atoms with Gasteiger partial charge in [-0.1, -0.05) is 24.4 Å². The quantitative estimate of drug-likeness (QED) is 0.828. The highest BCUT2D eigenvalue weighted by molar-refractivity contribution is 6.29. The number of ether oxygens (including phenoxy) is 1. The van der Waals surface area contributed by atoms with E-state index in [-0.39, 0.29) is 16.8 Å². The standard InChI is InChI=1S/C12H16ClN3O2/c13-11-6-5-10(15-16-11)12(17)14-7-8-18-9-3-1-2-4-9/h5-6,9H,1-4,7-8H2,(H,14,17). The molecule has 18 heavy (non-hydrogen) atoms. The van der Waals surface area contributed by atoms with E-state index in [1.54, 1.807) is 12.1 Å². The molecule has 1 aromatic rings. The second-order valence-electron chi connectivity index (χ2n) is 4.27. The highest BCUT2D eigenvalue weighted by Crippen LogP contribution is 2.20. The van der Waals surface area contributed by atoms with Gasteiger partial charge in [0.1, 0.15) is 0 Å². The molecule has 1 aromatic heterocycles. The molecule has 0 spiro atoms. The Morgan fingerprint density at radius 3 is 2.83 bits per heavy atom. The lowest BCUT2D eigenvalue weighted by atomic mass is 10.3. The third kappa shape index (κ3) is 3.92. The molecule has 1 amide bonds. The van der Waals surface area contributed by atoms with Crippen LogP contribution >= 0.6 is 11.6 Å². The average Bonchev–Trinajstić information content (AvgIpc) is 2.88. The van der Waals surface area contributed by atoms with Crippen LogP contribution in [0.4, 0.5) is 0 Å². The van der Waals surface area contributed by atoms with Crippen molar-refractivity contribution >= 4 is 17.5 Å². The molecular formula is C12H16ClN3O2. The number of halogens is 1. The summed E-state index contributed by atoms with van der Waals surface area (Å²) in [6.45, 7) is 1.02. The van der Waals surface area contributed by atoms with Gasteiger partial charge in [0.2, 0.25) is 0 Å². The monoisotopic (exact) mass is 269 g/mol. The van der Waals surface area contributed by atoms with Gasteiger partial charge in [-0.2, -0.15) is 0 Å². The summed E-state index contributed by atoms with van der Waals surface area (Å²) in [6.07, 6.45) is 5.14. The number of nitrogens with zero attached hydrogens (tertiary/aromatic N) is 2. The number of hydrogen-bond acceptors (Lipinski definition) is 4. The van der Waals surface area contributed by atoms with Crippen molar-refractivity contribution in [3.8, 4) is 0 Å². The SMILES string of the molecule is O=C(NCCOC1CCCC1)c1ccc(Cl)nn1. The summed E-state index contributed by atoms with van der Waals surface area (Å²) in [5.41, 5.74) is 0.264. The number of carbonyl (C=O) groups excluding carboxylic acids is 1. The molecule has 0 aliphatic heterocycles. The lowest BCUT2D eigenvalue weighted by molar-refractivity contribution is 0.0581. The van der Waals surface area contributed by atoms with Gasteiger partial charge in [0, 0.05) is 6.54 Å². The Labute approximate surface area is 111 Å². The average molecular weight is 270 g/mol. The molecule has 0 aromatic carbocycles. The zero-order chi connectivity index (χ0) is 12.8.